The third-order valence-electron chi connectivity index (χ3n) is 12.7. The van der Waals surface area contributed by atoms with Crippen LogP contribution in [0, 0.1) is 11.8 Å². The molecule has 1 saturated carbocycles. The Hall–Kier alpha value is -5.30. The van der Waals surface area contributed by atoms with E-state index in [1.807, 2.05) is 11.0 Å². The van der Waals surface area contributed by atoms with Gasteiger partial charge < -0.3 is 55.3 Å². The standard InChI is InChI=1S/C44H51N3O14/c1-21-28(20-59-3)40(54)36-35(37(21)51)39(53)27-16-44(58,31(49)19-48)17-30(34(27)41(36)55)61-33-15-29(38(52)22(2)60-33)46-43(57)25-10-12-26(13-11-25)45-42(56)24-8-6-23(7-9-24)18-47-14-4-5-32(47)50/h4-5,10-13,22-24,29-30,33,38,48,52-53,55,58H,6-9,14-20H2,1-3H3,(H,45,56)(H,46,57). The summed E-state index contributed by atoms with van der Waals surface area (Å²) in [5.74, 6) is -4.50. The number of allylic oxidation sites excluding steroid dienone is 1. The highest BCUT2D eigenvalue weighted by Gasteiger charge is 2.50. The molecule has 326 valence electrons. The van der Waals surface area contributed by atoms with Crippen LogP contribution in [0.4, 0.5) is 5.69 Å². The highest BCUT2D eigenvalue weighted by molar-refractivity contribution is 6.29. The van der Waals surface area contributed by atoms with Crippen LogP contribution in [0.2, 0.25) is 0 Å². The van der Waals surface area contributed by atoms with Gasteiger partial charge in [0.25, 0.3) is 5.91 Å². The number of aliphatic hydroxyl groups is 3. The van der Waals surface area contributed by atoms with Gasteiger partial charge in [-0.2, -0.15) is 0 Å². The van der Waals surface area contributed by atoms with Gasteiger partial charge in [-0.1, -0.05) is 6.08 Å². The lowest BCUT2D eigenvalue weighted by atomic mass is 9.72. The van der Waals surface area contributed by atoms with Crippen molar-refractivity contribution in [2.24, 2.45) is 11.8 Å². The van der Waals surface area contributed by atoms with Gasteiger partial charge in [-0.3, -0.25) is 28.8 Å². The molecule has 2 aromatic carbocycles. The summed E-state index contributed by atoms with van der Waals surface area (Å²) in [6.07, 6.45) is 0.266. The first-order chi connectivity index (χ1) is 29.0. The van der Waals surface area contributed by atoms with Crippen LogP contribution in [-0.2, 0) is 35.0 Å². The molecule has 0 spiro atoms. The predicted octanol–water partition coefficient (Wildman–Crippen LogP) is 2.17. The summed E-state index contributed by atoms with van der Waals surface area (Å²) in [6.45, 7) is 2.88. The smallest absolute Gasteiger partial charge is 0.251 e. The molecule has 2 aliphatic heterocycles. The largest absolute Gasteiger partial charge is 0.507 e. The van der Waals surface area contributed by atoms with E-state index in [2.05, 4.69) is 10.6 Å². The van der Waals surface area contributed by atoms with Gasteiger partial charge in [-0.15, -0.1) is 0 Å². The Kier molecular flexibility index (Phi) is 12.6. The van der Waals surface area contributed by atoms with Gasteiger partial charge >= 0.3 is 0 Å². The lowest BCUT2D eigenvalue weighted by Crippen LogP contribution is -2.55. The normalized spacial score (nSPS) is 28.7. The molecule has 7 N–H and O–H groups in total. The van der Waals surface area contributed by atoms with Crippen molar-refractivity contribution in [1.82, 2.24) is 10.2 Å². The average molecular weight is 846 g/mol. The van der Waals surface area contributed by atoms with Crippen LogP contribution in [0.15, 0.2) is 47.6 Å². The van der Waals surface area contributed by atoms with Crippen molar-refractivity contribution in [2.75, 3.05) is 38.7 Å². The van der Waals surface area contributed by atoms with Crippen LogP contribution < -0.4 is 10.6 Å². The van der Waals surface area contributed by atoms with Gasteiger partial charge in [0.1, 0.15) is 29.8 Å². The molecule has 3 aliphatic carbocycles. The number of amides is 3. The molecule has 0 bridgehead atoms. The zero-order chi connectivity index (χ0) is 43.9. The molecule has 0 radical (unpaired) electrons. The van der Waals surface area contributed by atoms with E-state index in [4.69, 9.17) is 14.2 Å². The fourth-order valence-corrected chi connectivity index (χ4v) is 9.20. The monoisotopic (exact) mass is 845 g/mol. The van der Waals surface area contributed by atoms with Gasteiger partial charge in [0.15, 0.2) is 23.6 Å². The number of ketones is 3. The fourth-order valence-electron chi connectivity index (χ4n) is 9.20. The van der Waals surface area contributed by atoms with Crippen LogP contribution in [0.25, 0.3) is 0 Å². The number of nitrogens with one attached hydrogen (secondary N) is 2. The van der Waals surface area contributed by atoms with Crippen LogP contribution in [0.1, 0.15) is 101 Å². The Morgan fingerprint density at radius 2 is 1.69 bits per heavy atom. The molecule has 2 fully saturated rings. The van der Waals surface area contributed by atoms with Crippen molar-refractivity contribution in [2.45, 2.75) is 95.0 Å². The highest BCUT2D eigenvalue weighted by Crippen LogP contribution is 2.52. The third-order valence-corrected chi connectivity index (χ3v) is 12.7. The number of aliphatic hydroxyl groups excluding tert-OH is 2. The fraction of sp³-hybridized carbons (Fsp3) is 0.500. The maximum Gasteiger partial charge on any atom is 0.251 e. The van der Waals surface area contributed by atoms with Crippen molar-refractivity contribution < 1.29 is 68.5 Å². The Balaban J connectivity index is 1.03. The van der Waals surface area contributed by atoms with Gasteiger partial charge in [0.05, 0.1) is 36.0 Å². The molecule has 2 heterocycles. The van der Waals surface area contributed by atoms with Crippen molar-refractivity contribution in [3.8, 4) is 11.5 Å². The topological polar surface area (TPSA) is 259 Å². The third kappa shape index (κ3) is 8.50. The van der Waals surface area contributed by atoms with Crippen LogP contribution in [-0.4, -0.2) is 129 Å². The van der Waals surface area contributed by atoms with Crippen molar-refractivity contribution in [1.29, 1.82) is 0 Å². The van der Waals surface area contributed by atoms with Crippen molar-refractivity contribution in [3.63, 3.8) is 0 Å². The summed E-state index contributed by atoms with van der Waals surface area (Å²) in [4.78, 5) is 80.5. The van der Waals surface area contributed by atoms with Gasteiger partial charge in [0, 0.05) is 85.0 Å². The maximum absolute atomic E-state index is 13.7. The number of carbonyl (C=O) groups excluding carboxylic acids is 6. The summed E-state index contributed by atoms with van der Waals surface area (Å²) >= 11 is 0. The molecule has 7 rings (SSSR count). The minimum Gasteiger partial charge on any atom is -0.507 e. The molecule has 6 unspecified atom stereocenters. The summed E-state index contributed by atoms with van der Waals surface area (Å²) in [7, 11) is 1.32. The van der Waals surface area contributed by atoms with Crippen LogP contribution in [0.5, 0.6) is 11.5 Å². The summed E-state index contributed by atoms with van der Waals surface area (Å²) in [6, 6.07) is 5.29. The Morgan fingerprint density at radius 1 is 1.00 bits per heavy atom. The van der Waals surface area contributed by atoms with E-state index in [9.17, 15) is 54.3 Å². The first-order valence-corrected chi connectivity index (χ1v) is 20.5. The quantitative estimate of drug-likeness (QED) is 0.151. The number of hydrogen-bond acceptors (Lipinski definition) is 14. The molecule has 1 saturated heterocycles. The maximum atomic E-state index is 13.7. The highest BCUT2D eigenvalue weighted by atomic mass is 16.7. The van der Waals surface area contributed by atoms with E-state index in [0.29, 0.717) is 37.5 Å². The molecule has 17 heteroatoms. The summed E-state index contributed by atoms with van der Waals surface area (Å²) in [5.41, 5.74) is -3.10. The van der Waals surface area contributed by atoms with E-state index in [0.717, 1.165) is 12.8 Å². The van der Waals surface area contributed by atoms with Crippen molar-refractivity contribution in [3.05, 3.63) is 75.4 Å². The van der Waals surface area contributed by atoms with E-state index in [1.165, 1.54) is 33.1 Å². The van der Waals surface area contributed by atoms with Gasteiger partial charge in [-0.25, -0.2) is 0 Å². The first-order valence-electron chi connectivity index (χ1n) is 20.5. The molecule has 5 aliphatic rings. The number of fused-ring (bicyclic) bond motifs is 2. The molecule has 61 heavy (non-hydrogen) atoms. The van der Waals surface area contributed by atoms with E-state index in [1.54, 1.807) is 18.2 Å². The molecule has 6 atom stereocenters. The van der Waals surface area contributed by atoms with E-state index >= 15 is 0 Å². The minimum absolute atomic E-state index is 0.0191. The number of aromatic hydroxyl groups is 2. The first kappa shape index (κ1) is 43.8. The molecule has 0 aromatic heterocycles. The molecule has 2 aromatic rings. The van der Waals surface area contributed by atoms with Gasteiger partial charge in [0.2, 0.25) is 11.8 Å². The van der Waals surface area contributed by atoms with Crippen molar-refractivity contribution >= 4 is 40.8 Å². The zero-order valence-electron chi connectivity index (χ0n) is 34.1. The lowest BCUT2D eigenvalue weighted by Gasteiger charge is -2.43. The Labute approximate surface area is 351 Å². The molecular formula is C44H51N3O14. The van der Waals surface area contributed by atoms with E-state index in [-0.39, 0.29) is 58.6 Å². The molecular weight excluding hydrogens is 794 g/mol. The van der Waals surface area contributed by atoms with Crippen LogP contribution in [0.3, 0.4) is 0 Å². The predicted molar refractivity (Wildman–Crippen MR) is 215 cm³/mol. The number of anilines is 1. The number of methoxy groups -OCH3 is 1. The minimum atomic E-state index is -2.34. The Morgan fingerprint density at radius 3 is 2.33 bits per heavy atom. The Bertz CT molecular complexity index is 2190. The number of Topliss-reactive ketones (excluding diaryl/α,β-unsaturated/α-hetero) is 3. The summed E-state index contributed by atoms with van der Waals surface area (Å²) in [5, 5.41) is 61.3. The average Bonchev–Trinajstić information content (AvgIpc) is 3.64. The summed E-state index contributed by atoms with van der Waals surface area (Å²) < 4.78 is 17.3. The number of rotatable bonds is 12. The number of ether oxygens (including phenoxy) is 3. The number of phenolic OH excluding ortho intramolecular Hbond substituents is 2. The number of carbonyl (C=O) groups is 6. The van der Waals surface area contributed by atoms with Gasteiger partial charge in [-0.05, 0) is 69.7 Å². The second-order valence-electron chi connectivity index (χ2n) is 16.7. The number of benzene rings is 2. The van der Waals surface area contributed by atoms with Crippen LogP contribution >= 0.6 is 0 Å². The number of phenols is 2. The zero-order valence-corrected chi connectivity index (χ0v) is 34.1. The second kappa shape index (κ2) is 17.6. The molecule has 3 amide bonds. The lowest BCUT2D eigenvalue weighted by molar-refractivity contribution is -0.249. The molecule has 17 nitrogen and oxygen atoms in total. The second-order valence-corrected chi connectivity index (χ2v) is 16.7. The van der Waals surface area contributed by atoms with E-state index < -0.39 is 102 Å². The number of hydrogen-bond donors (Lipinski definition) is 7. The SMILES string of the molecule is COCC1=C(C)C(=O)c2c(O)c3c(c(O)c2C1=O)C(OC1CC(NC(=O)c2ccc(NC(=O)C4CCC(CN5CC=CC5=O)CC4)cc2)C(O)C(C)O1)CC(O)(C(=O)CO)C3. The number of nitrogens with zero attached hydrogens (tertiary/aromatic N) is 1.